The highest BCUT2D eigenvalue weighted by Gasteiger charge is 2.29. The molecule has 0 unspecified atom stereocenters. The monoisotopic (exact) mass is 498 g/mol. The number of likely N-dealkylation sites (N-methyl/N-ethyl adjacent to an activating group) is 1. The van der Waals surface area contributed by atoms with E-state index in [-0.39, 0.29) is 24.2 Å². The molecule has 3 rings (SSSR count). The highest BCUT2D eigenvalue weighted by Crippen LogP contribution is 2.22. The summed E-state index contributed by atoms with van der Waals surface area (Å²) in [6, 6.07) is 22.6. The molecule has 0 bridgehead atoms. The Morgan fingerprint density at radius 2 is 1.65 bits per heavy atom. The van der Waals surface area contributed by atoms with Crippen molar-refractivity contribution in [2.24, 2.45) is 0 Å². The average molecular weight is 499 g/mol. The highest BCUT2D eigenvalue weighted by atomic mass is 35.5. The summed E-state index contributed by atoms with van der Waals surface area (Å²) in [6.45, 7) is 0.231. The van der Waals surface area contributed by atoms with E-state index in [9.17, 15) is 14.0 Å². The molecule has 7 heteroatoms. The maximum Gasteiger partial charge on any atom is 0.242 e. The molecule has 1 N–H and O–H groups in total. The van der Waals surface area contributed by atoms with E-state index in [1.54, 1.807) is 35.8 Å². The van der Waals surface area contributed by atoms with E-state index in [2.05, 4.69) is 5.32 Å². The van der Waals surface area contributed by atoms with Crippen LogP contribution in [0.4, 0.5) is 4.39 Å². The van der Waals surface area contributed by atoms with Gasteiger partial charge in [-0.15, -0.1) is 11.8 Å². The van der Waals surface area contributed by atoms with Gasteiger partial charge in [0.15, 0.2) is 0 Å². The largest absolute Gasteiger partial charge is 0.357 e. The summed E-state index contributed by atoms with van der Waals surface area (Å²) >= 11 is 7.60. The maximum absolute atomic E-state index is 13.4. The fourth-order valence-electron chi connectivity index (χ4n) is 3.59. The van der Waals surface area contributed by atoms with E-state index in [4.69, 9.17) is 11.6 Å². The van der Waals surface area contributed by atoms with Crippen molar-refractivity contribution in [2.45, 2.75) is 36.7 Å². The number of carbonyl (C=O) groups excluding carboxylic acids is 2. The molecule has 0 heterocycles. The minimum absolute atomic E-state index is 0.106. The summed E-state index contributed by atoms with van der Waals surface area (Å²) in [4.78, 5) is 28.9. The Balaban J connectivity index is 1.73. The third kappa shape index (κ3) is 7.89. The summed E-state index contributed by atoms with van der Waals surface area (Å²) in [7, 11) is 1.57. The molecule has 0 saturated heterocycles. The van der Waals surface area contributed by atoms with Gasteiger partial charge in [0.25, 0.3) is 0 Å². The van der Waals surface area contributed by atoms with Gasteiger partial charge in [-0.05, 0) is 59.7 Å². The number of carbonyl (C=O) groups is 2. The quantitative estimate of drug-likeness (QED) is 0.271. The number of benzene rings is 3. The first-order valence-corrected chi connectivity index (χ1v) is 12.5. The number of halogens is 2. The van der Waals surface area contributed by atoms with Crippen LogP contribution in [-0.4, -0.2) is 35.6 Å². The molecule has 0 saturated carbocycles. The lowest BCUT2D eigenvalue weighted by Crippen LogP contribution is -2.49. The summed E-state index contributed by atoms with van der Waals surface area (Å²) < 4.78 is 13.4. The lowest BCUT2D eigenvalue weighted by atomic mass is 10.0. The van der Waals surface area contributed by atoms with Crippen molar-refractivity contribution in [1.82, 2.24) is 10.2 Å². The van der Waals surface area contributed by atoms with Gasteiger partial charge in [-0.3, -0.25) is 9.59 Å². The van der Waals surface area contributed by atoms with Crippen molar-refractivity contribution in [1.29, 1.82) is 0 Å². The minimum atomic E-state index is -0.672. The van der Waals surface area contributed by atoms with Crippen LogP contribution in [0.1, 0.15) is 24.0 Å². The second kappa shape index (κ2) is 13.2. The molecule has 0 aliphatic heterocycles. The van der Waals surface area contributed by atoms with Crippen molar-refractivity contribution >= 4 is 35.2 Å². The van der Waals surface area contributed by atoms with Crippen LogP contribution in [0, 0.1) is 5.82 Å². The fraction of sp³-hybridized carbons (Fsp3) is 0.259. The van der Waals surface area contributed by atoms with E-state index in [0.717, 1.165) is 21.8 Å². The SMILES string of the molecule is CNC(=O)[C@H](Cc1ccccc1)N(Cc1ccc(F)cc1)C(=O)CCCSc1ccc(Cl)cc1. The summed E-state index contributed by atoms with van der Waals surface area (Å²) in [6.07, 6.45) is 1.37. The molecule has 178 valence electrons. The second-order valence-corrected chi connectivity index (χ2v) is 9.48. The number of hydrogen-bond acceptors (Lipinski definition) is 3. The van der Waals surface area contributed by atoms with Gasteiger partial charge < -0.3 is 10.2 Å². The van der Waals surface area contributed by atoms with Gasteiger partial charge in [0.2, 0.25) is 11.8 Å². The third-order valence-electron chi connectivity index (χ3n) is 5.40. The molecule has 0 aliphatic carbocycles. The van der Waals surface area contributed by atoms with Crippen LogP contribution in [-0.2, 0) is 22.6 Å². The first kappa shape index (κ1) is 25.8. The molecule has 0 radical (unpaired) electrons. The molecule has 2 amide bonds. The lowest BCUT2D eigenvalue weighted by Gasteiger charge is -2.31. The molecule has 3 aromatic carbocycles. The van der Waals surface area contributed by atoms with E-state index < -0.39 is 6.04 Å². The van der Waals surface area contributed by atoms with Crippen molar-refractivity contribution in [3.05, 3.63) is 101 Å². The number of hydrogen-bond donors (Lipinski definition) is 1. The Labute approximate surface area is 209 Å². The maximum atomic E-state index is 13.4. The van der Waals surface area contributed by atoms with Gasteiger partial charge in [-0.25, -0.2) is 4.39 Å². The highest BCUT2D eigenvalue weighted by molar-refractivity contribution is 7.99. The van der Waals surface area contributed by atoms with Crippen LogP contribution in [0.3, 0.4) is 0 Å². The van der Waals surface area contributed by atoms with Gasteiger partial charge in [0, 0.05) is 36.4 Å². The number of amides is 2. The van der Waals surface area contributed by atoms with E-state index >= 15 is 0 Å². The van der Waals surface area contributed by atoms with Gasteiger partial charge in [-0.2, -0.15) is 0 Å². The predicted octanol–water partition coefficient (Wildman–Crippen LogP) is 5.74. The Bertz CT molecular complexity index is 1060. The van der Waals surface area contributed by atoms with Crippen molar-refractivity contribution < 1.29 is 14.0 Å². The molecule has 34 heavy (non-hydrogen) atoms. The molecule has 0 spiro atoms. The number of nitrogens with zero attached hydrogens (tertiary/aromatic N) is 1. The van der Waals surface area contributed by atoms with Crippen LogP contribution >= 0.6 is 23.4 Å². The predicted molar refractivity (Wildman–Crippen MR) is 136 cm³/mol. The second-order valence-electron chi connectivity index (χ2n) is 7.87. The Kier molecular flexibility index (Phi) is 9.98. The van der Waals surface area contributed by atoms with Crippen LogP contribution in [0.25, 0.3) is 0 Å². The van der Waals surface area contributed by atoms with Crippen LogP contribution in [0.5, 0.6) is 0 Å². The summed E-state index contributed by atoms with van der Waals surface area (Å²) in [5.41, 5.74) is 1.73. The molecular formula is C27H28ClFN2O2S. The van der Waals surface area contributed by atoms with Crippen LogP contribution in [0.2, 0.25) is 5.02 Å². The average Bonchev–Trinajstić information content (AvgIpc) is 2.86. The number of nitrogens with one attached hydrogen (secondary N) is 1. The van der Waals surface area contributed by atoms with Gasteiger partial charge >= 0.3 is 0 Å². The molecule has 3 aromatic rings. The Morgan fingerprint density at radius 1 is 0.971 bits per heavy atom. The summed E-state index contributed by atoms with van der Waals surface area (Å²) in [5, 5.41) is 3.39. The van der Waals surface area contributed by atoms with Crippen molar-refractivity contribution in [3.63, 3.8) is 0 Å². The minimum Gasteiger partial charge on any atom is -0.357 e. The molecule has 4 nitrogen and oxygen atoms in total. The zero-order valence-corrected chi connectivity index (χ0v) is 20.6. The van der Waals surface area contributed by atoms with Gasteiger partial charge in [-0.1, -0.05) is 54.1 Å². The first-order valence-electron chi connectivity index (χ1n) is 11.1. The zero-order chi connectivity index (χ0) is 24.3. The molecule has 0 fully saturated rings. The topological polar surface area (TPSA) is 49.4 Å². The summed E-state index contributed by atoms with van der Waals surface area (Å²) in [5.74, 6) is 0.0922. The normalized spacial score (nSPS) is 11.6. The molecular weight excluding hydrogens is 471 g/mol. The molecule has 0 aliphatic rings. The Morgan fingerprint density at radius 3 is 2.29 bits per heavy atom. The first-order chi connectivity index (χ1) is 16.5. The van der Waals surface area contributed by atoms with Gasteiger partial charge in [0.1, 0.15) is 11.9 Å². The van der Waals surface area contributed by atoms with E-state index in [1.807, 2.05) is 54.6 Å². The van der Waals surface area contributed by atoms with E-state index in [1.165, 1.54) is 12.1 Å². The van der Waals surface area contributed by atoms with Crippen LogP contribution < -0.4 is 5.32 Å². The molecule has 1 atom stereocenters. The zero-order valence-electron chi connectivity index (χ0n) is 19.0. The number of rotatable bonds is 11. The van der Waals surface area contributed by atoms with E-state index in [0.29, 0.717) is 24.3 Å². The smallest absolute Gasteiger partial charge is 0.242 e. The third-order valence-corrected chi connectivity index (χ3v) is 6.75. The lowest BCUT2D eigenvalue weighted by molar-refractivity contribution is -0.141. The van der Waals surface area contributed by atoms with Gasteiger partial charge in [0.05, 0.1) is 0 Å². The number of thioether (sulfide) groups is 1. The van der Waals surface area contributed by atoms with Crippen molar-refractivity contribution in [3.8, 4) is 0 Å². The Hall–Kier alpha value is -2.83. The van der Waals surface area contributed by atoms with Crippen molar-refractivity contribution in [2.75, 3.05) is 12.8 Å². The van der Waals surface area contributed by atoms with Crippen LogP contribution in [0.15, 0.2) is 83.8 Å². The molecule has 0 aromatic heterocycles. The fourth-order valence-corrected chi connectivity index (χ4v) is 4.57. The standard InChI is InChI=1S/C27H28ClFN2O2S/c1-30-27(33)25(18-20-6-3-2-4-7-20)31(19-21-9-13-23(29)14-10-21)26(32)8-5-17-34-24-15-11-22(28)12-16-24/h2-4,6-7,9-16,25H,5,8,17-19H2,1H3,(H,30,33)/t25-/m0/s1.